The third kappa shape index (κ3) is 3.64. The maximum Gasteiger partial charge on any atom is 0.430 e. The highest BCUT2D eigenvalue weighted by atomic mass is 19.4. The van der Waals surface area contributed by atoms with Crippen LogP contribution in [0, 0.1) is 6.92 Å². The van der Waals surface area contributed by atoms with Crippen molar-refractivity contribution in [1.82, 2.24) is 0 Å². The van der Waals surface area contributed by atoms with Gasteiger partial charge in [0.1, 0.15) is 0 Å². The second kappa shape index (κ2) is 6.88. The fourth-order valence-electron chi connectivity index (χ4n) is 2.53. The molecular formula is C18H15F6NO2. The van der Waals surface area contributed by atoms with Crippen molar-refractivity contribution in [1.29, 1.82) is 0 Å². The molecule has 0 fully saturated rings. The van der Waals surface area contributed by atoms with E-state index in [4.69, 9.17) is 0 Å². The number of hydrogen-bond acceptors (Lipinski definition) is 2. The summed E-state index contributed by atoms with van der Waals surface area (Å²) in [6.45, 7) is 1.69. The molecule has 0 saturated heterocycles. The van der Waals surface area contributed by atoms with Crippen molar-refractivity contribution in [3.05, 3.63) is 65.2 Å². The van der Waals surface area contributed by atoms with Crippen molar-refractivity contribution in [3.8, 4) is 0 Å². The van der Waals surface area contributed by atoms with Crippen molar-refractivity contribution in [2.45, 2.75) is 24.9 Å². The maximum absolute atomic E-state index is 12.9. The highest BCUT2D eigenvalue weighted by Gasteiger charge is 2.71. The lowest BCUT2D eigenvalue weighted by atomic mass is 9.92. The van der Waals surface area contributed by atoms with Crippen LogP contribution in [0.5, 0.6) is 0 Å². The molecule has 0 atom stereocenters. The molecular weight excluding hydrogens is 376 g/mol. The van der Waals surface area contributed by atoms with E-state index in [0.29, 0.717) is 23.3 Å². The van der Waals surface area contributed by atoms with Gasteiger partial charge in [0.05, 0.1) is 0 Å². The third-order valence-corrected chi connectivity index (χ3v) is 4.17. The molecule has 0 saturated carbocycles. The van der Waals surface area contributed by atoms with Crippen molar-refractivity contribution in [3.63, 3.8) is 0 Å². The van der Waals surface area contributed by atoms with Crippen molar-refractivity contribution < 1.29 is 36.2 Å². The second-order valence-corrected chi connectivity index (χ2v) is 5.93. The number of aryl methyl sites for hydroxylation is 1. The van der Waals surface area contributed by atoms with Gasteiger partial charge in [0, 0.05) is 23.9 Å². The highest BCUT2D eigenvalue weighted by Crippen LogP contribution is 2.50. The standard InChI is InChI=1S/C18H15F6NO2/c1-11-5-3-4-6-14(11)15(26)25(2)13-9-7-12(8-10-13)16(27,17(19,20)21)18(22,23)24/h3-10,27H,1-2H3. The van der Waals surface area contributed by atoms with Crippen LogP contribution in [-0.2, 0) is 5.60 Å². The molecule has 1 N–H and O–H groups in total. The van der Waals surface area contributed by atoms with Gasteiger partial charge in [-0.15, -0.1) is 0 Å². The average Bonchev–Trinajstić information content (AvgIpc) is 2.58. The van der Waals surface area contributed by atoms with Gasteiger partial charge in [0.25, 0.3) is 11.5 Å². The van der Waals surface area contributed by atoms with Crippen LogP contribution in [0.3, 0.4) is 0 Å². The number of rotatable bonds is 3. The predicted octanol–water partition coefficient (Wildman–Crippen LogP) is 4.58. The Balaban J connectivity index is 2.39. The first-order valence-electron chi connectivity index (χ1n) is 7.60. The van der Waals surface area contributed by atoms with Crippen LogP contribution >= 0.6 is 0 Å². The Morgan fingerprint density at radius 2 is 1.37 bits per heavy atom. The normalized spacial score (nSPS) is 12.8. The summed E-state index contributed by atoms with van der Waals surface area (Å²) in [5.41, 5.74) is -5.32. The van der Waals surface area contributed by atoms with Crippen LogP contribution in [-0.4, -0.2) is 30.4 Å². The summed E-state index contributed by atoms with van der Waals surface area (Å²) in [5.74, 6) is -0.484. The minimum Gasteiger partial charge on any atom is -0.369 e. The van der Waals surface area contributed by atoms with Crippen LogP contribution in [0.1, 0.15) is 21.5 Å². The molecule has 0 spiro atoms. The predicted molar refractivity (Wildman–Crippen MR) is 86.4 cm³/mol. The van der Waals surface area contributed by atoms with Gasteiger partial charge in [-0.3, -0.25) is 4.79 Å². The van der Waals surface area contributed by atoms with Crippen molar-refractivity contribution in [2.24, 2.45) is 0 Å². The smallest absolute Gasteiger partial charge is 0.369 e. The van der Waals surface area contributed by atoms with Crippen molar-refractivity contribution >= 4 is 11.6 Å². The van der Waals surface area contributed by atoms with E-state index in [-0.39, 0.29) is 5.69 Å². The molecule has 27 heavy (non-hydrogen) atoms. The Morgan fingerprint density at radius 1 is 0.889 bits per heavy atom. The highest BCUT2D eigenvalue weighted by molar-refractivity contribution is 6.06. The van der Waals surface area contributed by atoms with Gasteiger partial charge in [-0.25, -0.2) is 0 Å². The largest absolute Gasteiger partial charge is 0.430 e. The van der Waals surface area contributed by atoms with Gasteiger partial charge in [0.15, 0.2) is 0 Å². The second-order valence-electron chi connectivity index (χ2n) is 5.93. The van der Waals surface area contributed by atoms with Crippen LogP contribution in [0.4, 0.5) is 32.0 Å². The first-order valence-corrected chi connectivity index (χ1v) is 7.60. The number of carbonyl (C=O) groups excluding carboxylic acids is 1. The van der Waals surface area contributed by atoms with E-state index in [1.165, 1.54) is 7.05 Å². The average molecular weight is 391 g/mol. The molecule has 0 aliphatic carbocycles. The minimum atomic E-state index is -5.96. The van der Waals surface area contributed by atoms with Gasteiger partial charge < -0.3 is 10.0 Å². The molecule has 1 amide bonds. The molecule has 0 aromatic heterocycles. The van der Waals surface area contributed by atoms with Crippen LogP contribution in [0.15, 0.2) is 48.5 Å². The number of nitrogens with zero attached hydrogens (tertiary/aromatic N) is 1. The summed E-state index contributed by atoms with van der Waals surface area (Å²) in [4.78, 5) is 13.6. The molecule has 9 heteroatoms. The fraction of sp³-hybridized carbons (Fsp3) is 0.278. The number of benzene rings is 2. The molecule has 0 radical (unpaired) electrons. The number of hydrogen-bond donors (Lipinski definition) is 1. The van der Waals surface area contributed by atoms with Gasteiger partial charge in [-0.1, -0.05) is 30.3 Å². The zero-order valence-electron chi connectivity index (χ0n) is 14.2. The Morgan fingerprint density at radius 3 is 1.81 bits per heavy atom. The quantitative estimate of drug-likeness (QED) is 0.778. The van der Waals surface area contributed by atoms with E-state index in [1.54, 1.807) is 31.2 Å². The molecule has 0 unspecified atom stereocenters. The summed E-state index contributed by atoms with van der Waals surface area (Å²) in [7, 11) is 1.34. The summed E-state index contributed by atoms with van der Waals surface area (Å²) in [6.07, 6.45) is -11.9. The van der Waals surface area contributed by atoms with Crippen LogP contribution < -0.4 is 4.90 Å². The van der Waals surface area contributed by atoms with Gasteiger partial charge in [0.2, 0.25) is 0 Å². The summed E-state index contributed by atoms with van der Waals surface area (Å²) >= 11 is 0. The molecule has 146 valence electrons. The number of anilines is 1. The SMILES string of the molecule is Cc1ccccc1C(=O)N(C)c1ccc(C(O)(C(F)(F)F)C(F)(F)F)cc1. The Kier molecular flexibility index (Phi) is 5.29. The topological polar surface area (TPSA) is 40.5 Å². The molecule has 0 heterocycles. The number of halogens is 6. The molecule has 0 aliphatic heterocycles. The Bertz CT molecular complexity index is 813. The van der Waals surface area contributed by atoms with Crippen molar-refractivity contribution in [2.75, 3.05) is 11.9 Å². The van der Waals surface area contributed by atoms with Gasteiger partial charge in [-0.2, -0.15) is 26.3 Å². The van der Waals surface area contributed by atoms with Gasteiger partial charge >= 0.3 is 12.4 Å². The van der Waals surface area contributed by atoms with Crippen LogP contribution in [0.2, 0.25) is 0 Å². The first kappa shape index (κ1) is 20.8. The monoisotopic (exact) mass is 391 g/mol. The number of aliphatic hydroxyl groups is 1. The molecule has 2 aromatic carbocycles. The lowest BCUT2D eigenvalue weighted by Crippen LogP contribution is -2.53. The first-order chi connectivity index (χ1) is 12.3. The van der Waals surface area contributed by atoms with E-state index in [9.17, 15) is 36.2 Å². The Labute approximate surface area is 150 Å². The number of carbonyl (C=O) groups is 1. The molecule has 2 aromatic rings. The van der Waals surface area contributed by atoms with E-state index in [1.807, 2.05) is 0 Å². The summed E-state index contributed by atoms with van der Waals surface area (Å²) < 4.78 is 77.4. The minimum absolute atomic E-state index is 0.0682. The molecule has 0 aliphatic rings. The van der Waals surface area contributed by atoms with Crippen LogP contribution in [0.25, 0.3) is 0 Å². The van der Waals surface area contributed by atoms with Gasteiger partial charge in [-0.05, 0) is 30.7 Å². The van der Waals surface area contributed by atoms with E-state index >= 15 is 0 Å². The fourth-order valence-corrected chi connectivity index (χ4v) is 2.53. The Hall–Kier alpha value is -2.55. The zero-order chi connectivity index (χ0) is 20.6. The van der Waals surface area contributed by atoms with E-state index in [2.05, 4.69) is 0 Å². The number of alkyl halides is 6. The van der Waals surface area contributed by atoms with E-state index in [0.717, 1.165) is 17.0 Å². The molecule has 3 nitrogen and oxygen atoms in total. The number of amides is 1. The lowest BCUT2D eigenvalue weighted by Gasteiger charge is -2.32. The third-order valence-electron chi connectivity index (χ3n) is 4.17. The molecule has 2 rings (SSSR count). The lowest BCUT2D eigenvalue weighted by molar-refractivity contribution is -0.376. The maximum atomic E-state index is 12.9. The zero-order valence-corrected chi connectivity index (χ0v) is 14.2. The summed E-state index contributed by atoms with van der Waals surface area (Å²) in [6, 6.07) is 9.41. The molecule has 0 bridgehead atoms. The van der Waals surface area contributed by atoms with E-state index < -0.39 is 29.4 Å². The summed E-state index contributed by atoms with van der Waals surface area (Å²) in [5, 5.41) is 9.38.